The van der Waals surface area contributed by atoms with Crippen LogP contribution in [0.15, 0.2) is 162 Å². The standard InChI is InChI=1S/C46H37N2O.C14H15FNSi.Ir/c1-27(2)36-24-33(30-13-7-6-8-14-30)25-37(28(3)4)44(36)48-41-18-12-11-17-40(41)47-46(48)35-22-19-29(5)43-39-23-32-21-20-31-15-9-10-16-34(31)38(32)26-42(39)49-45(35)43;1-17(2,3)13-8-9-14(16-10-13)11-4-6-12(15)7-5-11;/h6-21,23-28H,1-5H3;4,6-10H,1-3H3;/q2*-1;/i5D3;;. The zero-order valence-electron chi connectivity index (χ0n) is 41.6. The van der Waals surface area contributed by atoms with Crippen LogP contribution in [0.1, 0.15) is 60.3 Å². The van der Waals surface area contributed by atoms with Crippen molar-refractivity contribution < 1.29 is 33.0 Å². The van der Waals surface area contributed by atoms with Gasteiger partial charge in [0.05, 0.1) is 30.5 Å². The average Bonchev–Trinajstić information content (AvgIpc) is 3.91. The van der Waals surface area contributed by atoms with E-state index in [9.17, 15) is 4.39 Å². The Hall–Kier alpha value is -6.50. The van der Waals surface area contributed by atoms with Gasteiger partial charge in [0.15, 0.2) is 0 Å². The summed E-state index contributed by atoms with van der Waals surface area (Å²) in [6, 6.07) is 56.4. The van der Waals surface area contributed by atoms with Gasteiger partial charge in [-0.2, -0.15) is 0 Å². The van der Waals surface area contributed by atoms with Crippen LogP contribution in [0.25, 0.3) is 94.0 Å². The molecule has 0 aliphatic heterocycles. The van der Waals surface area contributed by atoms with E-state index in [0.29, 0.717) is 27.9 Å². The maximum absolute atomic E-state index is 12.8. The number of furan rings is 1. The first-order valence-electron chi connectivity index (χ1n) is 24.1. The van der Waals surface area contributed by atoms with E-state index >= 15 is 0 Å². The monoisotopic (exact) mass is 1070 g/mol. The first kappa shape index (κ1) is 41.9. The van der Waals surface area contributed by atoms with E-state index < -0.39 is 14.9 Å². The quantitative estimate of drug-likeness (QED) is 0.0907. The first-order chi connectivity index (χ1) is 33.0. The van der Waals surface area contributed by atoms with Crippen LogP contribution >= 0.6 is 0 Å². The Morgan fingerprint density at radius 3 is 2.09 bits per heavy atom. The summed E-state index contributed by atoms with van der Waals surface area (Å²) in [5.41, 5.74) is 11.2. The number of aromatic nitrogens is 3. The second-order valence-corrected chi connectivity index (χ2v) is 23.9. The van der Waals surface area contributed by atoms with Gasteiger partial charge in [0.25, 0.3) is 0 Å². The van der Waals surface area contributed by atoms with Crippen LogP contribution in [0, 0.1) is 24.8 Å². The predicted octanol–water partition coefficient (Wildman–Crippen LogP) is 16.2. The van der Waals surface area contributed by atoms with Crippen LogP contribution < -0.4 is 5.19 Å². The Morgan fingerprint density at radius 2 is 1.40 bits per heavy atom. The fraction of sp³-hybridized carbons (Fsp3) is 0.167. The third-order valence-corrected chi connectivity index (χ3v) is 14.6. The van der Waals surface area contributed by atoms with E-state index in [0.717, 1.165) is 54.9 Å². The smallest absolute Gasteiger partial charge is 0.121 e. The van der Waals surface area contributed by atoms with E-state index in [4.69, 9.17) is 13.5 Å². The van der Waals surface area contributed by atoms with Crippen molar-refractivity contribution in [3.63, 3.8) is 0 Å². The molecule has 11 aromatic rings. The minimum atomic E-state index is -2.38. The molecule has 335 valence electrons. The molecular formula is C60H52FIrN3OSi-2. The molecule has 7 heteroatoms. The van der Waals surface area contributed by atoms with E-state index in [-0.39, 0.29) is 43.3 Å². The molecule has 3 aromatic heterocycles. The Labute approximate surface area is 411 Å². The van der Waals surface area contributed by atoms with Crippen LogP contribution in [0.5, 0.6) is 0 Å². The molecule has 0 saturated heterocycles. The van der Waals surface area contributed by atoms with Crippen molar-refractivity contribution in [2.45, 2.75) is 66.0 Å². The number of hydrogen-bond donors (Lipinski definition) is 0. The van der Waals surface area contributed by atoms with Crippen LogP contribution in [-0.2, 0) is 20.1 Å². The summed E-state index contributed by atoms with van der Waals surface area (Å²) in [5.74, 6) is 0.780. The van der Waals surface area contributed by atoms with Crippen molar-refractivity contribution in [1.82, 2.24) is 14.5 Å². The summed E-state index contributed by atoms with van der Waals surface area (Å²) in [5, 5.41) is 6.99. The van der Waals surface area contributed by atoms with Gasteiger partial charge in [-0.25, -0.2) is 0 Å². The predicted molar refractivity (Wildman–Crippen MR) is 277 cm³/mol. The molecule has 0 spiro atoms. The van der Waals surface area contributed by atoms with Crippen LogP contribution in [0.2, 0.25) is 19.6 Å². The van der Waals surface area contributed by atoms with Crippen molar-refractivity contribution in [2.24, 2.45) is 0 Å². The molecule has 0 amide bonds. The molecule has 0 N–H and O–H groups in total. The molecule has 11 rings (SSSR count). The average molecular weight is 1070 g/mol. The van der Waals surface area contributed by atoms with Crippen molar-refractivity contribution in [3.8, 4) is 39.5 Å². The molecule has 0 aliphatic rings. The van der Waals surface area contributed by atoms with Crippen molar-refractivity contribution in [1.29, 1.82) is 0 Å². The SMILES string of the molecule is C[Si](C)(C)c1ccc(-c2[c-]cc(F)cc2)nc1.[2H]C([2H])([2H])c1c[c-]c(-c2nc3ccccc3n2-c2c(C(C)C)cc(-c3ccccc3)cc2C(C)C)c2oc3cc4c(ccc5ccccc54)cc3c12.[Ir]. The van der Waals surface area contributed by atoms with Gasteiger partial charge in [0.1, 0.15) is 5.58 Å². The van der Waals surface area contributed by atoms with Crippen LogP contribution in [0.3, 0.4) is 0 Å². The topological polar surface area (TPSA) is 43.9 Å². The summed E-state index contributed by atoms with van der Waals surface area (Å²) in [7, 11) is -1.30. The molecule has 0 saturated carbocycles. The van der Waals surface area contributed by atoms with Gasteiger partial charge >= 0.3 is 0 Å². The van der Waals surface area contributed by atoms with E-state index in [1.165, 1.54) is 39.6 Å². The number of benzene rings is 8. The second-order valence-electron chi connectivity index (χ2n) is 18.8. The molecule has 4 nitrogen and oxygen atoms in total. The number of pyridine rings is 1. The summed E-state index contributed by atoms with van der Waals surface area (Å²) in [4.78, 5) is 9.71. The number of fused-ring (bicyclic) bond motifs is 7. The van der Waals surface area contributed by atoms with Crippen molar-refractivity contribution in [2.75, 3.05) is 0 Å². The number of aryl methyl sites for hydroxylation is 1. The maximum Gasteiger partial charge on any atom is 0.121 e. The van der Waals surface area contributed by atoms with E-state index in [1.54, 1.807) is 12.1 Å². The van der Waals surface area contributed by atoms with Crippen molar-refractivity contribution >= 4 is 67.8 Å². The summed E-state index contributed by atoms with van der Waals surface area (Å²) in [6.07, 6.45) is 1.93. The minimum Gasteiger partial charge on any atom is -0.501 e. The normalized spacial score (nSPS) is 12.7. The molecule has 0 unspecified atom stereocenters. The van der Waals surface area contributed by atoms with Gasteiger partial charge in [-0.3, -0.25) is 9.37 Å². The number of imidazole rings is 1. The summed E-state index contributed by atoms with van der Waals surface area (Å²) >= 11 is 0. The molecule has 67 heavy (non-hydrogen) atoms. The Bertz CT molecular complexity index is 3680. The molecular weight excluding hydrogens is 1020 g/mol. The fourth-order valence-electron chi connectivity index (χ4n) is 9.09. The molecule has 0 aliphatic carbocycles. The molecule has 0 fully saturated rings. The van der Waals surface area contributed by atoms with Gasteiger partial charge in [0.2, 0.25) is 0 Å². The van der Waals surface area contributed by atoms with Gasteiger partial charge < -0.3 is 14.0 Å². The number of para-hydroxylation sites is 2. The summed E-state index contributed by atoms with van der Waals surface area (Å²) < 4.78 is 47.6. The third-order valence-electron chi connectivity index (χ3n) is 12.6. The molecule has 8 aromatic carbocycles. The fourth-order valence-corrected chi connectivity index (χ4v) is 10.1. The maximum atomic E-state index is 12.8. The zero-order chi connectivity index (χ0) is 48.4. The number of halogens is 1. The van der Waals surface area contributed by atoms with Crippen LogP contribution in [-0.4, -0.2) is 22.6 Å². The largest absolute Gasteiger partial charge is 0.501 e. The molecule has 0 atom stereocenters. The number of hydrogen-bond acceptors (Lipinski definition) is 3. The van der Waals surface area contributed by atoms with Gasteiger partial charge in [0, 0.05) is 47.3 Å². The van der Waals surface area contributed by atoms with Crippen LogP contribution in [0.4, 0.5) is 4.39 Å². The summed E-state index contributed by atoms with van der Waals surface area (Å²) in [6.45, 7) is 13.4. The van der Waals surface area contributed by atoms with Gasteiger partial charge in [-0.05, 0) is 103 Å². The second kappa shape index (κ2) is 18.3. The van der Waals surface area contributed by atoms with Gasteiger partial charge in [-0.15, -0.1) is 47.5 Å². The third kappa shape index (κ3) is 8.57. The molecule has 1 radical (unpaired) electrons. The molecule has 0 bridgehead atoms. The Morgan fingerprint density at radius 1 is 0.687 bits per heavy atom. The van der Waals surface area contributed by atoms with E-state index in [1.807, 2.05) is 48.7 Å². The number of rotatable bonds is 7. The van der Waals surface area contributed by atoms with Crippen molar-refractivity contribution in [3.05, 3.63) is 192 Å². The van der Waals surface area contributed by atoms with E-state index in [2.05, 4.69) is 154 Å². The first-order valence-corrected chi connectivity index (χ1v) is 26.1. The zero-order valence-corrected chi connectivity index (χ0v) is 42.0. The Balaban J connectivity index is 0.000000286. The van der Waals surface area contributed by atoms with Gasteiger partial charge in [-0.1, -0.05) is 156 Å². The Kier molecular flexibility index (Phi) is 11.4. The molecule has 3 heterocycles. The number of nitrogens with zero attached hydrogens (tertiary/aromatic N) is 3. The minimum absolute atomic E-state index is 0.